The third-order valence-electron chi connectivity index (χ3n) is 6.56. The molecule has 2 aliphatic rings. The maximum Gasteiger partial charge on any atom is 0.233 e. The molecule has 36 heavy (non-hydrogen) atoms. The van der Waals surface area contributed by atoms with Crippen LogP contribution >= 0.6 is 0 Å². The molecule has 1 atom stereocenters. The molecule has 6 rings (SSSR count). The molecule has 0 bridgehead atoms. The number of halogens is 1. The lowest BCUT2D eigenvalue weighted by atomic mass is 10.1. The van der Waals surface area contributed by atoms with Crippen LogP contribution in [-0.2, 0) is 6.42 Å². The lowest BCUT2D eigenvalue weighted by molar-refractivity contribution is 0.243. The van der Waals surface area contributed by atoms with Crippen LogP contribution in [0, 0.1) is 11.7 Å². The van der Waals surface area contributed by atoms with E-state index in [4.69, 9.17) is 19.4 Å². The lowest BCUT2D eigenvalue weighted by Gasteiger charge is -2.18. The number of imidazole rings is 1. The highest BCUT2D eigenvalue weighted by Gasteiger charge is 2.31. The standard InChI is InChI=1S/C26H26FN7O2/c1-35-22-10-11-23(33-32-22)36-15-19-8-9-21-31-24(17-4-6-18(27)7-5-17)25(34(19)21)20-12-13-28-26(30-20)29-14-16-2-3-16/h4-7,10-13,16,19H,2-3,8-9,14-15H2,1H3,(H,28,29,30). The van der Waals surface area contributed by atoms with Crippen molar-refractivity contribution in [3.05, 3.63) is 60.3 Å². The van der Waals surface area contributed by atoms with E-state index >= 15 is 0 Å². The van der Waals surface area contributed by atoms with Gasteiger partial charge in [0, 0.05) is 36.9 Å². The number of nitrogens with zero attached hydrogens (tertiary/aromatic N) is 6. The zero-order valence-electron chi connectivity index (χ0n) is 19.9. The van der Waals surface area contributed by atoms with E-state index in [1.807, 2.05) is 6.07 Å². The fourth-order valence-corrected chi connectivity index (χ4v) is 4.49. The number of rotatable bonds is 9. The molecule has 184 valence electrons. The summed E-state index contributed by atoms with van der Waals surface area (Å²) in [6, 6.07) is 11.8. The number of methoxy groups -OCH3 is 1. The number of anilines is 1. The van der Waals surface area contributed by atoms with Crippen molar-refractivity contribution in [2.24, 2.45) is 5.92 Å². The van der Waals surface area contributed by atoms with Gasteiger partial charge in [0.2, 0.25) is 17.7 Å². The molecule has 4 heterocycles. The summed E-state index contributed by atoms with van der Waals surface area (Å²) >= 11 is 0. The van der Waals surface area contributed by atoms with E-state index in [1.165, 1.54) is 25.0 Å². The van der Waals surface area contributed by atoms with Gasteiger partial charge in [-0.3, -0.25) is 0 Å². The Morgan fingerprint density at radius 1 is 1.00 bits per heavy atom. The zero-order valence-corrected chi connectivity index (χ0v) is 19.9. The molecule has 0 saturated heterocycles. The van der Waals surface area contributed by atoms with Crippen LogP contribution in [0.25, 0.3) is 22.6 Å². The van der Waals surface area contributed by atoms with Gasteiger partial charge in [-0.15, -0.1) is 10.2 Å². The number of fused-ring (bicyclic) bond motifs is 1. The second-order valence-corrected chi connectivity index (χ2v) is 9.11. The lowest BCUT2D eigenvalue weighted by Crippen LogP contribution is -2.16. The van der Waals surface area contributed by atoms with Crippen LogP contribution in [0.5, 0.6) is 11.8 Å². The fourth-order valence-electron chi connectivity index (χ4n) is 4.49. The Morgan fingerprint density at radius 2 is 1.81 bits per heavy atom. The van der Waals surface area contributed by atoms with E-state index in [0.29, 0.717) is 30.2 Å². The Hall–Kier alpha value is -4.08. The van der Waals surface area contributed by atoms with Crippen molar-refractivity contribution in [1.29, 1.82) is 0 Å². The summed E-state index contributed by atoms with van der Waals surface area (Å²) in [6.45, 7) is 1.27. The summed E-state index contributed by atoms with van der Waals surface area (Å²) in [7, 11) is 1.55. The zero-order chi connectivity index (χ0) is 24.5. The smallest absolute Gasteiger partial charge is 0.233 e. The largest absolute Gasteiger partial charge is 0.480 e. The monoisotopic (exact) mass is 487 g/mol. The summed E-state index contributed by atoms with van der Waals surface area (Å²) < 4.78 is 26.9. The van der Waals surface area contributed by atoms with Crippen LogP contribution in [0.15, 0.2) is 48.7 Å². The van der Waals surface area contributed by atoms with E-state index in [1.54, 1.807) is 37.6 Å². The number of hydrogen-bond acceptors (Lipinski definition) is 8. The SMILES string of the molecule is COc1ccc(OCC2CCc3nc(-c4ccc(F)cc4)c(-c4ccnc(NCC5CC5)n4)n32)nn1. The number of benzene rings is 1. The van der Waals surface area contributed by atoms with E-state index in [0.717, 1.165) is 47.9 Å². The van der Waals surface area contributed by atoms with Gasteiger partial charge in [0.1, 0.15) is 18.2 Å². The summed E-state index contributed by atoms with van der Waals surface area (Å²) in [4.78, 5) is 14.2. The van der Waals surface area contributed by atoms with Crippen molar-refractivity contribution >= 4 is 5.95 Å². The Bertz CT molecular complexity index is 1350. The minimum atomic E-state index is -0.285. The molecule has 1 aliphatic heterocycles. The van der Waals surface area contributed by atoms with Crippen molar-refractivity contribution in [3.8, 4) is 34.4 Å². The molecular formula is C26H26FN7O2. The fraction of sp³-hybridized carbons (Fsp3) is 0.346. The van der Waals surface area contributed by atoms with Gasteiger partial charge in [-0.2, -0.15) is 0 Å². The number of nitrogens with one attached hydrogen (secondary N) is 1. The van der Waals surface area contributed by atoms with Crippen molar-refractivity contribution in [2.45, 2.75) is 31.7 Å². The highest BCUT2D eigenvalue weighted by molar-refractivity contribution is 5.78. The van der Waals surface area contributed by atoms with Crippen LogP contribution in [-0.4, -0.2) is 50.0 Å². The summed E-state index contributed by atoms with van der Waals surface area (Å²) in [5.41, 5.74) is 3.24. The summed E-state index contributed by atoms with van der Waals surface area (Å²) in [5, 5.41) is 11.4. The quantitative estimate of drug-likeness (QED) is 0.372. The minimum absolute atomic E-state index is 0.0263. The normalized spacial score (nSPS) is 16.6. The first-order valence-corrected chi connectivity index (χ1v) is 12.1. The van der Waals surface area contributed by atoms with Gasteiger partial charge in [-0.25, -0.2) is 19.3 Å². The predicted molar refractivity (Wildman–Crippen MR) is 131 cm³/mol. The molecule has 0 radical (unpaired) electrons. The van der Waals surface area contributed by atoms with Crippen molar-refractivity contribution < 1.29 is 13.9 Å². The molecule has 3 aromatic heterocycles. The van der Waals surface area contributed by atoms with Gasteiger partial charge in [-0.05, 0) is 55.5 Å². The average Bonchev–Trinajstić information content (AvgIpc) is 3.55. The minimum Gasteiger partial charge on any atom is -0.480 e. The van der Waals surface area contributed by atoms with Gasteiger partial charge < -0.3 is 19.4 Å². The van der Waals surface area contributed by atoms with Gasteiger partial charge in [0.15, 0.2) is 0 Å². The summed E-state index contributed by atoms with van der Waals surface area (Å²) in [5.74, 6) is 2.82. The van der Waals surface area contributed by atoms with Crippen molar-refractivity contribution in [2.75, 3.05) is 25.6 Å². The molecule has 10 heteroatoms. The Morgan fingerprint density at radius 3 is 2.56 bits per heavy atom. The molecule has 9 nitrogen and oxygen atoms in total. The van der Waals surface area contributed by atoms with Crippen LogP contribution < -0.4 is 14.8 Å². The second kappa shape index (κ2) is 9.52. The van der Waals surface area contributed by atoms with Gasteiger partial charge in [-0.1, -0.05) is 0 Å². The topological polar surface area (TPSA) is 99.9 Å². The third-order valence-corrected chi connectivity index (χ3v) is 6.56. The number of ether oxygens (including phenoxy) is 2. The number of aryl methyl sites for hydroxylation is 1. The molecule has 1 aliphatic carbocycles. The van der Waals surface area contributed by atoms with Crippen LogP contribution in [0.1, 0.15) is 31.1 Å². The highest BCUT2D eigenvalue weighted by Crippen LogP contribution is 2.39. The molecule has 0 spiro atoms. The molecule has 1 N–H and O–H groups in total. The third kappa shape index (κ3) is 4.58. The molecule has 0 amide bonds. The maximum atomic E-state index is 13.7. The Balaban J connectivity index is 1.35. The molecule has 1 unspecified atom stereocenters. The van der Waals surface area contributed by atoms with Gasteiger partial charge in [0.05, 0.1) is 30.2 Å². The first-order chi connectivity index (χ1) is 17.7. The van der Waals surface area contributed by atoms with Crippen LogP contribution in [0.2, 0.25) is 0 Å². The highest BCUT2D eigenvalue weighted by atomic mass is 19.1. The first-order valence-electron chi connectivity index (χ1n) is 12.1. The molecule has 4 aromatic rings. The molecule has 1 aromatic carbocycles. The average molecular weight is 488 g/mol. The van der Waals surface area contributed by atoms with Gasteiger partial charge in [0.25, 0.3) is 0 Å². The second-order valence-electron chi connectivity index (χ2n) is 9.11. The molecule has 1 fully saturated rings. The number of aromatic nitrogens is 6. The summed E-state index contributed by atoms with van der Waals surface area (Å²) in [6.07, 6.45) is 5.93. The van der Waals surface area contributed by atoms with Crippen LogP contribution in [0.3, 0.4) is 0 Å². The van der Waals surface area contributed by atoms with Gasteiger partial charge >= 0.3 is 0 Å². The Labute approximate surface area is 207 Å². The Kier molecular flexibility index (Phi) is 5.92. The van der Waals surface area contributed by atoms with E-state index in [-0.39, 0.29) is 11.9 Å². The van der Waals surface area contributed by atoms with E-state index in [2.05, 4.69) is 25.1 Å². The van der Waals surface area contributed by atoms with Crippen LogP contribution in [0.4, 0.5) is 10.3 Å². The van der Waals surface area contributed by atoms with E-state index < -0.39 is 0 Å². The maximum absolute atomic E-state index is 13.7. The van der Waals surface area contributed by atoms with E-state index in [9.17, 15) is 4.39 Å². The first kappa shape index (κ1) is 22.4. The predicted octanol–water partition coefficient (Wildman–Crippen LogP) is 4.33. The number of hydrogen-bond donors (Lipinski definition) is 1. The molecule has 1 saturated carbocycles. The molecular weight excluding hydrogens is 461 g/mol. The van der Waals surface area contributed by atoms with Crippen molar-refractivity contribution in [3.63, 3.8) is 0 Å². The van der Waals surface area contributed by atoms with Crippen molar-refractivity contribution in [1.82, 2.24) is 29.7 Å².